The van der Waals surface area contributed by atoms with Crippen molar-refractivity contribution in [2.75, 3.05) is 19.5 Å². The number of hydrogen-bond acceptors (Lipinski definition) is 5. The molecule has 8 heteroatoms. The van der Waals surface area contributed by atoms with Crippen LogP contribution in [0.2, 0.25) is 0 Å². The number of amides is 1. The molecule has 3 aromatic rings. The van der Waals surface area contributed by atoms with E-state index in [1.807, 2.05) is 6.07 Å². The van der Waals surface area contributed by atoms with Crippen molar-refractivity contribution in [3.63, 3.8) is 0 Å². The lowest BCUT2D eigenvalue weighted by Crippen LogP contribution is -2.23. The summed E-state index contributed by atoms with van der Waals surface area (Å²) in [6.07, 6.45) is 1.57. The van der Waals surface area contributed by atoms with Crippen molar-refractivity contribution in [2.24, 2.45) is 0 Å². The van der Waals surface area contributed by atoms with E-state index in [0.29, 0.717) is 28.1 Å². The maximum atomic E-state index is 12.6. The summed E-state index contributed by atoms with van der Waals surface area (Å²) in [7, 11) is 3.07. The molecule has 1 N–H and O–H groups in total. The van der Waals surface area contributed by atoms with Crippen LogP contribution in [0, 0.1) is 0 Å². The van der Waals surface area contributed by atoms with E-state index in [-0.39, 0.29) is 24.4 Å². The molecule has 2 aromatic carbocycles. The van der Waals surface area contributed by atoms with E-state index in [0.717, 1.165) is 4.47 Å². The fourth-order valence-electron chi connectivity index (χ4n) is 2.64. The van der Waals surface area contributed by atoms with Gasteiger partial charge in [0.1, 0.15) is 11.5 Å². The first-order valence-electron chi connectivity index (χ1n) is 8.18. The number of nitrogens with zero attached hydrogens (tertiary/aromatic N) is 2. The number of halogens is 1. The molecule has 0 radical (unpaired) electrons. The topological polar surface area (TPSA) is 82.4 Å². The molecule has 0 spiro atoms. The maximum Gasteiger partial charge on any atom is 0.261 e. The van der Waals surface area contributed by atoms with Gasteiger partial charge in [0.2, 0.25) is 5.91 Å². The number of benzene rings is 2. The van der Waals surface area contributed by atoms with Crippen LogP contribution in [-0.4, -0.2) is 29.7 Å². The fraction of sp³-hybridized carbons (Fsp3) is 0.211. The van der Waals surface area contributed by atoms with Crippen molar-refractivity contribution in [1.82, 2.24) is 9.55 Å². The summed E-state index contributed by atoms with van der Waals surface area (Å²) in [5, 5.41) is 3.29. The first kappa shape index (κ1) is 18.9. The van der Waals surface area contributed by atoms with Crippen LogP contribution in [0.1, 0.15) is 6.42 Å². The monoisotopic (exact) mass is 431 g/mol. The van der Waals surface area contributed by atoms with Crippen LogP contribution >= 0.6 is 15.9 Å². The van der Waals surface area contributed by atoms with Gasteiger partial charge in [0, 0.05) is 23.5 Å². The zero-order valence-electron chi connectivity index (χ0n) is 14.9. The molecule has 0 saturated carbocycles. The second-order valence-corrected chi connectivity index (χ2v) is 6.68. The van der Waals surface area contributed by atoms with E-state index in [1.165, 1.54) is 18.0 Å². The number of anilines is 1. The average molecular weight is 432 g/mol. The van der Waals surface area contributed by atoms with Crippen molar-refractivity contribution in [2.45, 2.75) is 13.0 Å². The first-order valence-corrected chi connectivity index (χ1v) is 8.97. The van der Waals surface area contributed by atoms with Crippen LogP contribution in [0.5, 0.6) is 11.5 Å². The SMILES string of the molecule is COc1ccc(OC)c(NC(=O)CCn2cnc3ccc(Br)cc3c2=O)c1. The molecule has 0 aliphatic rings. The van der Waals surface area contributed by atoms with Crippen LogP contribution < -0.4 is 20.3 Å². The molecule has 0 atom stereocenters. The summed E-state index contributed by atoms with van der Waals surface area (Å²) in [4.78, 5) is 29.2. The number of hydrogen-bond donors (Lipinski definition) is 1. The van der Waals surface area contributed by atoms with Crippen LogP contribution in [0.3, 0.4) is 0 Å². The van der Waals surface area contributed by atoms with Gasteiger partial charge in [-0.3, -0.25) is 14.2 Å². The predicted octanol–water partition coefficient (Wildman–Crippen LogP) is 3.21. The van der Waals surface area contributed by atoms with E-state index in [4.69, 9.17) is 9.47 Å². The molecule has 3 rings (SSSR count). The highest BCUT2D eigenvalue weighted by Gasteiger charge is 2.11. The molecule has 0 fully saturated rings. The lowest BCUT2D eigenvalue weighted by atomic mass is 10.2. The third kappa shape index (κ3) is 4.28. The molecule has 27 heavy (non-hydrogen) atoms. The Balaban J connectivity index is 1.74. The van der Waals surface area contributed by atoms with Crippen molar-refractivity contribution >= 4 is 38.4 Å². The molecule has 1 amide bonds. The van der Waals surface area contributed by atoms with Crippen LogP contribution in [0.15, 0.2) is 52.0 Å². The Labute approximate surface area is 164 Å². The van der Waals surface area contributed by atoms with E-state index in [9.17, 15) is 9.59 Å². The first-order chi connectivity index (χ1) is 13.0. The molecule has 0 saturated heterocycles. The minimum Gasteiger partial charge on any atom is -0.497 e. The Bertz CT molecular complexity index is 1050. The number of ether oxygens (including phenoxy) is 2. The number of aryl methyl sites for hydroxylation is 1. The summed E-state index contributed by atoms with van der Waals surface area (Å²) in [6, 6.07) is 10.5. The number of nitrogens with one attached hydrogen (secondary N) is 1. The molecule has 1 heterocycles. The third-order valence-corrected chi connectivity index (χ3v) is 4.54. The van der Waals surface area contributed by atoms with E-state index in [2.05, 4.69) is 26.2 Å². The molecule has 7 nitrogen and oxygen atoms in total. The number of carbonyl (C=O) groups excluding carboxylic acids is 1. The van der Waals surface area contributed by atoms with Gasteiger partial charge < -0.3 is 14.8 Å². The molecule has 0 aliphatic carbocycles. The van der Waals surface area contributed by atoms with Gasteiger partial charge in [-0.25, -0.2) is 4.98 Å². The van der Waals surface area contributed by atoms with E-state index < -0.39 is 0 Å². The Morgan fingerprint density at radius 2 is 2.00 bits per heavy atom. The molecular formula is C19H18BrN3O4. The summed E-state index contributed by atoms with van der Waals surface area (Å²) in [5.74, 6) is 0.882. The zero-order valence-corrected chi connectivity index (χ0v) is 16.4. The second kappa shape index (κ2) is 8.22. The minimum atomic E-state index is -0.247. The normalized spacial score (nSPS) is 10.6. The van der Waals surface area contributed by atoms with Crippen LogP contribution in [-0.2, 0) is 11.3 Å². The number of rotatable bonds is 6. The van der Waals surface area contributed by atoms with Gasteiger partial charge in [-0.15, -0.1) is 0 Å². The van der Waals surface area contributed by atoms with E-state index in [1.54, 1.807) is 37.4 Å². The van der Waals surface area contributed by atoms with Gasteiger partial charge in [-0.2, -0.15) is 0 Å². The highest BCUT2D eigenvalue weighted by atomic mass is 79.9. The fourth-order valence-corrected chi connectivity index (χ4v) is 3.00. The lowest BCUT2D eigenvalue weighted by molar-refractivity contribution is -0.116. The van der Waals surface area contributed by atoms with Gasteiger partial charge >= 0.3 is 0 Å². The largest absolute Gasteiger partial charge is 0.497 e. The van der Waals surface area contributed by atoms with Crippen LogP contribution in [0.25, 0.3) is 10.9 Å². The highest BCUT2D eigenvalue weighted by molar-refractivity contribution is 9.10. The summed E-state index contributed by atoms with van der Waals surface area (Å²) in [6.45, 7) is 0.215. The predicted molar refractivity (Wildman–Crippen MR) is 106 cm³/mol. The Kier molecular flexibility index (Phi) is 5.75. The van der Waals surface area contributed by atoms with Gasteiger partial charge in [0.05, 0.1) is 37.1 Å². The Hall–Kier alpha value is -2.87. The molecular weight excluding hydrogens is 414 g/mol. The van der Waals surface area contributed by atoms with E-state index >= 15 is 0 Å². The summed E-state index contributed by atoms with van der Waals surface area (Å²) >= 11 is 3.35. The Morgan fingerprint density at radius 1 is 1.19 bits per heavy atom. The average Bonchev–Trinajstić information content (AvgIpc) is 2.67. The zero-order chi connectivity index (χ0) is 19.4. The van der Waals surface area contributed by atoms with Gasteiger partial charge in [0.15, 0.2) is 0 Å². The van der Waals surface area contributed by atoms with Crippen molar-refractivity contribution < 1.29 is 14.3 Å². The van der Waals surface area contributed by atoms with Gasteiger partial charge in [0.25, 0.3) is 5.56 Å². The number of methoxy groups -OCH3 is 2. The maximum absolute atomic E-state index is 12.6. The molecule has 140 valence electrons. The minimum absolute atomic E-state index is 0.113. The molecule has 0 bridgehead atoms. The van der Waals surface area contributed by atoms with Gasteiger partial charge in [-0.1, -0.05) is 15.9 Å². The van der Waals surface area contributed by atoms with Crippen LogP contribution in [0.4, 0.5) is 5.69 Å². The molecule has 0 aliphatic heterocycles. The highest BCUT2D eigenvalue weighted by Crippen LogP contribution is 2.28. The quantitative estimate of drug-likeness (QED) is 0.647. The van der Waals surface area contributed by atoms with Gasteiger partial charge in [-0.05, 0) is 30.3 Å². The summed E-state index contributed by atoms with van der Waals surface area (Å²) in [5.41, 5.74) is 0.938. The molecule has 1 aromatic heterocycles. The summed E-state index contributed by atoms with van der Waals surface area (Å²) < 4.78 is 12.6. The smallest absolute Gasteiger partial charge is 0.261 e. The second-order valence-electron chi connectivity index (χ2n) is 5.77. The molecule has 0 unspecified atom stereocenters. The lowest BCUT2D eigenvalue weighted by Gasteiger charge is -2.12. The third-order valence-electron chi connectivity index (χ3n) is 4.05. The number of aromatic nitrogens is 2. The number of carbonyl (C=O) groups is 1. The van der Waals surface area contributed by atoms with Crippen molar-refractivity contribution in [1.29, 1.82) is 0 Å². The van der Waals surface area contributed by atoms with Crippen molar-refractivity contribution in [3.8, 4) is 11.5 Å². The number of fused-ring (bicyclic) bond motifs is 1. The Morgan fingerprint density at radius 3 is 2.74 bits per heavy atom. The standard InChI is InChI=1S/C19H18BrN3O4/c1-26-13-4-6-17(27-2)16(10-13)22-18(24)7-8-23-11-21-15-5-3-12(20)9-14(15)19(23)25/h3-6,9-11H,7-8H2,1-2H3,(H,22,24). The van der Waals surface area contributed by atoms with Crippen molar-refractivity contribution in [3.05, 3.63) is 57.6 Å².